The maximum atomic E-state index is 13.5. The molecule has 1 atom stereocenters. The number of Topliss-reactive ketones (excluding diaryl/α,β-unsaturated/α-hetero) is 1. The van der Waals surface area contributed by atoms with Crippen LogP contribution in [0.15, 0.2) is 72.3 Å². The lowest BCUT2D eigenvalue weighted by Gasteiger charge is -2.26. The van der Waals surface area contributed by atoms with Crippen LogP contribution in [0, 0.1) is 0 Å². The standard InChI is InChI=1S/C31H32N2O5/c1-4-16-37-25-9-5-8-24(19-25)33-28(20-10-13-23(14-11-20)32(2)3)27(30(35)31(33)36)29(34)22-12-15-26-21(18-22)7-6-17-38-26/h5,8-15,18-19,28,34H,4,6-7,16-17H2,1-3H3/b29-27-. The molecule has 0 aromatic heterocycles. The van der Waals surface area contributed by atoms with Crippen LogP contribution in [-0.2, 0) is 16.0 Å². The molecule has 0 radical (unpaired) electrons. The molecule has 196 valence electrons. The number of benzene rings is 3. The van der Waals surface area contributed by atoms with Gasteiger partial charge in [-0.3, -0.25) is 14.5 Å². The molecular formula is C31H32N2O5. The van der Waals surface area contributed by atoms with Crippen LogP contribution in [0.1, 0.15) is 42.5 Å². The zero-order chi connectivity index (χ0) is 26.8. The van der Waals surface area contributed by atoms with Crippen molar-refractivity contribution in [3.63, 3.8) is 0 Å². The molecular weight excluding hydrogens is 480 g/mol. The van der Waals surface area contributed by atoms with Crippen LogP contribution >= 0.6 is 0 Å². The summed E-state index contributed by atoms with van der Waals surface area (Å²) >= 11 is 0. The number of aliphatic hydroxyl groups excluding tert-OH is 1. The van der Waals surface area contributed by atoms with Gasteiger partial charge in [-0.05, 0) is 72.9 Å². The summed E-state index contributed by atoms with van der Waals surface area (Å²) in [4.78, 5) is 30.5. The van der Waals surface area contributed by atoms with E-state index in [0.29, 0.717) is 30.2 Å². The summed E-state index contributed by atoms with van der Waals surface area (Å²) in [6.07, 6.45) is 2.56. The topological polar surface area (TPSA) is 79.3 Å². The van der Waals surface area contributed by atoms with Gasteiger partial charge in [0.25, 0.3) is 11.7 Å². The van der Waals surface area contributed by atoms with Gasteiger partial charge in [-0.1, -0.05) is 25.1 Å². The largest absolute Gasteiger partial charge is 0.507 e. The zero-order valence-electron chi connectivity index (χ0n) is 21.9. The minimum Gasteiger partial charge on any atom is -0.507 e. The first-order chi connectivity index (χ1) is 18.4. The van der Waals surface area contributed by atoms with Crippen LogP contribution in [0.2, 0.25) is 0 Å². The maximum absolute atomic E-state index is 13.5. The van der Waals surface area contributed by atoms with Crippen molar-refractivity contribution >= 4 is 28.8 Å². The Kier molecular flexibility index (Phi) is 7.09. The van der Waals surface area contributed by atoms with Crippen molar-refractivity contribution in [2.75, 3.05) is 37.1 Å². The number of rotatable bonds is 7. The number of ether oxygens (including phenoxy) is 2. The minimum absolute atomic E-state index is 0.0594. The van der Waals surface area contributed by atoms with Gasteiger partial charge < -0.3 is 19.5 Å². The van der Waals surface area contributed by atoms with E-state index in [1.807, 2.05) is 68.4 Å². The van der Waals surface area contributed by atoms with Crippen molar-refractivity contribution in [1.29, 1.82) is 0 Å². The lowest BCUT2D eigenvalue weighted by molar-refractivity contribution is -0.132. The molecule has 1 amide bonds. The smallest absolute Gasteiger partial charge is 0.300 e. The first kappa shape index (κ1) is 25.4. The van der Waals surface area contributed by atoms with Gasteiger partial charge in [0.1, 0.15) is 17.3 Å². The molecule has 1 N–H and O–H groups in total. The van der Waals surface area contributed by atoms with Crippen molar-refractivity contribution in [3.8, 4) is 11.5 Å². The third-order valence-corrected chi connectivity index (χ3v) is 6.92. The lowest BCUT2D eigenvalue weighted by Crippen LogP contribution is -2.29. The van der Waals surface area contributed by atoms with E-state index in [9.17, 15) is 14.7 Å². The monoisotopic (exact) mass is 512 g/mol. The van der Waals surface area contributed by atoms with Crippen LogP contribution in [0.25, 0.3) is 5.76 Å². The molecule has 2 aliphatic heterocycles. The third-order valence-electron chi connectivity index (χ3n) is 6.92. The summed E-state index contributed by atoms with van der Waals surface area (Å²) in [7, 11) is 3.89. The fourth-order valence-corrected chi connectivity index (χ4v) is 4.98. The van der Waals surface area contributed by atoms with Crippen LogP contribution < -0.4 is 19.3 Å². The summed E-state index contributed by atoms with van der Waals surface area (Å²) in [5.74, 6) is -0.213. The van der Waals surface area contributed by atoms with E-state index in [2.05, 4.69) is 0 Å². The number of fused-ring (bicyclic) bond motifs is 1. The Morgan fingerprint density at radius 1 is 1.08 bits per heavy atom. The number of aryl methyl sites for hydroxylation is 1. The van der Waals surface area contributed by atoms with Gasteiger partial charge in [-0.25, -0.2) is 0 Å². The Hall–Kier alpha value is -4.26. The van der Waals surface area contributed by atoms with Gasteiger partial charge in [0.05, 0.1) is 24.8 Å². The molecule has 2 aliphatic rings. The molecule has 0 saturated carbocycles. The highest BCUT2D eigenvalue weighted by Crippen LogP contribution is 2.43. The van der Waals surface area contributed by atoms with Crippen molar-refractivity contribution in [1.82, 2.24) is 0 Å². The predicted molar refractivity (Wildman–Crippen MR) is 148 cm³/mol. The molecule has 0 spiro atoms. The molecule has 7 heteroatoms. The molecule has 1 unspecified atom stereocenters. The van der Waals surface area contributed by atoms with Crippen LogP contribution in [0.3, 0.4) is 0 Å². The average molecular weight is 513 g/mol. The fourth-order valence-electron chi connectivity index (χ4n) is 4.98. The van der Waals surface area contributed by atoms with Crippen molar-refractivity contribution in [2.24, 2.45) is 0 Å². The second-order valence-electron chi connectivity index (χ2n) is 9.78. The van der Waals surface area contributed by atoms with Crippen molar-refractivity contribution in [3.05, 3.63) is 89.0 Å². The molecule has 7 nitrogen and oxygen atoms in total. The number of amides is 1. The van der Waals surface area contributed by atoms with Crippen molar-refractivity contribution < 1.29 is 24.2 Å². The Balaban J connectivity index is 1.65. The minimum atomic E-state index is -0.806. The summed E-state index contributed by atoms with van der Waals surface area (Å²) < 4.78 is 11.5. The van der Waals surface area contributed by atoms with Gasteiger partial charge in [0, 0.05) is 37.1 Å². The summed E-state index contributed by atoms with van der Waals surface area (Å²) in [5, 5.41) is 11.5. The van der Waals surface area contributed by atoms with E-state index in [0.717, 1.165) is 41.8 Å². The number of nitrogens with zero attached hydrogens (tertiary/aromatic N) is 2. The first-order valence-electron chi connectivity index (χ1n) is 13.0. The Labute approximate surface area is 222 Å². The molecule has 1 saturated heterocycles. The predicted octanol–water partition coefficient (Wildman–Crippen LogP) is 5.49. The normalized spacial score (nSPS) is 18.2. The Bertz CT molecular complexity index is 1390. The number of anilines is 2. The summed E-state index contributed by atoms with van der Waals surface area (Å²) in [6, 6.07) is 19.4. The summed E-state index contributed by atoms with van der Waals surface area (Å²) in [5.41, 5.74) is 3.75. The number of aliphatic hydroxyl groups is 1. The van der Waals surface area contributed by atoms with Crippen LogP contribution in [0.4, 0.5) is 11.4 Å². The Morgan fingerprint density at radius 2 is 1.87 bits per heavy atom. The van der Waals surface area contributed by atoms with E-state index < -0.39 is 17.7 Å². The molecule has 0 bridgehead atoms. The molecule has 1 fully saturated rings. The van der Waals surface area contributed by atoms with Gasteiger partial charge in [0.2, 0.25) is 0 Å². The molecule has 3 aromatic carbocycles. The number of hydrogen-bond acceptors (Lipinski definition) is 6. The molecule has 2 heterocycles. The zero-order valence-corrected chi connectivity index (χ0v) is 21.9. The Morgan fingerprint density at radius 3 is 2.61 bits per heavy atom. The van der Waals surface area contributed by atoms with Gasteiger partial charge >= 0.3 is 0 Å². The number of carbonyl (C=O) groups is 2. The molecule has 3 aromatic rings. The number of carbonyl (C=O) groups excluding carboxylic acids is 2. The van der Waals surface area contributed by atoms with E-state index >= 15 is 0 Å². The highest BCUT2D eigenvalue weighted by atomic mass is 16.5. The molecule has 38 heavy (non-hydrogen) atoms. The van der Waals surface area contributed by atoms with Gasteiger partial charge in [-0.15, -0.1) is 0 Å². The van der Waals surface area contributed by atoms with Gasteiger partial charge in [-0.2, -0.15) is 0 Å². The van der Waals surface area contributed by atoms with Crippen LogP contribution in [0.5, 0.6) is 11.5 Å². The van der Waals surface area contributed by atoms with Gasteiger partial charge in [0.15, 0.2) is 0 Å². The maximum Gasteiger partial charge on any atom is 0.300 e. The third kappa shape index (κ3) is 4.72. The van der Waals surface area contributed by atoms with E-state index in [4.69, 9.17) is 9.47 Å². The second kappa shape index (κ2) is 10.6. The fraction of sp³-hybridized carbons (Fsp3) is 0.290. The number of hydrogen-bond donors (Lipinski definition) is 1. The molecule has 5 rings (SSSR count). The SMILES string of the molecule is CCCOc1cccc(N2C(=O)C(=O)/C(=C(\O)c3ccc4c(c3)CCCO4)C2c2ccc(N(C)C)cc2)c1. The van der Waals surface area contributed by atoms with E-state index in [1.165, 1.54) is 4.90 Å². The van der Waals surface area contributed by atoms with E-state index in [-0.39, 0.29) is 11.3 Å². The first-order valence-corrected chi connectivity index (χ1v) is 13.0. The van der Waals surface area contributed by atoms with Crippen molar-refractivity contribution in [2.45, 2.75) is 32.2 Å². The highest BCUT2D eigenvalue weighted by molar-refractivity contribution is 6.51. The average Bonchev–Trinajstić information content (AvgIpc) is 3.21. The number of ketones is 1. The van der Waals surface area contributed by atoms with Crippen LogP contribution in [-0.4, -0.2) is 44.1 Å². The summed E-state index contributed by atoms with van der Waals surface area (Å²) in [6.45, 7) is 3.22. The second-order valence-corrected chi connectivity index (χ2v) is 9.78. The lowest BCUT2D eigenvalue weighted by atomic mass is 9.93. The quantitative estimate of drug-likeness (QED) is 0.256. The molecule has 0 aliphatic carbocycles. The highest BCUT2D eigenvalue weighted by Gasteiger charge is 2.47. The van der Waals surface area contributed by atoms with E-state index in [1.54, 1.807) is 24.3 Å².